The highest BCUT2D eigenvalue weighted by Gasteiger charge is 2.09. The normalized spacial score (nSPS) is 10.5. The quantitative estimate of drug-likeness (QED) is 0.729. The Balaban J connectivity index is 2.03. The van der Waals surface area contributed by atoms with Gasteiger partial charge in [-0.3, -0.25) is 4.79 Å². The van der Waals surface area contributed by atoms with Gasteiger partial charge in [-0.05, 0) is 36.8 Å². The van der Waals surface area contributed by atoms with Crippen LogP contribution < -0.4 is 16.2 Å². The molecule has 0 fully saturated rings. The Morgan fingerprint density at radius 2 is 1.87 bits per heavy atom. The molecule has 0 unspecified atom stereocenters. The largest absolute Gasteiger partial charge is 0.494 e. The van der Waals surface area contributed by atoms with Crippen LogP contribution in [0.5, 0.6) is 5.75 Å². The number of amides is 1. The van der Waals surface area contributed by atoms with E-state index in [0.29, 0.717) is 12.3 Å². The standard InChI is InChI=1S/C17H22N4O2/c1-2-3-4-5-10-23-13-8-6-12(7-9-13)14-11-15(16(18)22)21-17(19)20-14/h6-9,11H,2-5,10H2,1H3,(H2,18,22)(H2,19,20,21). The monoisotopic (exact) mass is 314 g/mol. The lowest BCUT2D eigenvalue weighted by molar-refractivity contribution is 0.0995. The van der Waals surface area contributed by atoms with Crippen molar-refractivity contribution < 1.29 is 9.53 Å². The molecule has 0 bridgehead atoms. The predicted octanol–water partition coefficient (Wildman–Crippen LogP) is 2.78. The van der Waals surface area contributed by atoms with Crippen LogP contribution in [0.4, 0.5) is 5.95 Å². The minimum absolute atomic E-state index is 0.0209. The molecule has 122 valence electrons. The van der Waals surface area contributed by atoms with Crippen molar-refractivity contribution in [3.63, 3.8) is 0 Å². The molecule has 1 aromatic heterocycles. The summed E-state index contributed by atoms with van der Waals surface area (Å²) in [5, 5.41) is 0. The number of primary amides is 1. The molecule has 0 radical (unpaired) electrons. The summed E-state index contributed by atoms with van der Waals surface area (Å²) in [4.78, 5) is 19.2. The highest BCUT2D eigenvalue weighted by Crippen LogP contribution is 2.22. The fourth-order valence-electron chi connectivity index (χ4n) is 2.18. The van der Waals surface area contributed by atoms with Crippen molar-refractivity contribution in [1.82, 2.24) is 9.97 Å². The van der Waals surface area contributed by atoms with Gasteiger partial charge in [-0.2, -0.15) is 0 Å². The second kappa shape index (κ2) is 8.12. The van der Waals surface area contributed by atoms with Gasteiger partial charge in [0.15, 0.2) is 0 Å². The third-order valence-electron chi connectivity index (χ3n) is 3.41. The van der Waals surface area contributed by atoms with Crippen LogP contribution in [0.15, 0.2) is 30.3 Å². The molecule has 6 heteroatoms. The molecule has 1 amide bonds. The first-order valence-corrected chi connectivity index (χ1v) is 7.77. The number of anilines is 1. The maximum atomic E-state index is 11.2. The molecule has 6 nitrogen and oxygen atoms in total. The third kappa shape index (κ3) is 4.95. The van der Waals surface area contributed by atoms with E-state index in [1.165, 1.54) is 25.3 Å². The van der Waals surface area contributed by atoms with Crippen LogP contribution >= 0.6 is 0 Å². The molecule has 0 saturated carbocycles. The van der Waals surface area contributed by atoms with Gasteiger partial charge in [-0.1, -0.05) is 26.2 Å². The number of carbonyl (C=O) groups excluding carboxylic acids is 1. The average molecular weight is 314 g/mol. The van der Waals surface area contributed by atoms with Gasteiger partial charge in [0.1, 0.15) is 11.4 Å². The molecule has 1 aromatic carbocycles. The summed E-state index contributed by atoms with van der Waals surface area (Å²) in [5.41, 5.74) is 12.3. The zero-order valence-corrected chi connectivity index (χ0v) is 13.3. The first-order valence-electron chi connectivity index (χ1n) is 7.77. The number of hydrogen-bond donors (Lipinski definition) is 2. The summed E-state index contributed by atoms with van der Waals surface area (Å²) < 4.78 is 5.70. The Hall–Kier alpha value is -2.63. The number of unbranched alkanes of at least 4 members (excludes halogenated alkanes) is 3. The SMILES string of the molecule is CCCCCCOc1ccc(-c2cc(C(N)=O)nc(N)n2)cc1. The molecule has 4 N–H and O–H groups in total. The number of benzene rings is 1. The lowest BCUT2D eigenvalue weighted by atomic mass is 10.1. The van der Waals surface area contributed by atoms with Gasteiger partial charge in [0.25, 0.3) is 5.91 Å². The summed E-state index contributed by atoms with van der Waals surface area (Å²) in [5.74, 6) is 0.197. The van der Waals surface area contributed by atoms with E-state index in [0.717, 1.165) is 17.7 Å². The topological polar surface area (TPSA) is 104 Å². The summed E-state index contributed by atoms with van der Waals surface area (Å²) in [6.07, 6.45) is 4.69. The van der Waals surface area contributed by atoms with E-state index in [1.54, 1.807) is 0 Å². The molecular weight excluding hydrogens is 292 g/mol. The fraction of sp³-hybridized carbons (Fsp3) is 0.353. The smallest absolute Gasteiger partial charge is 0.267 e. The second-order valence-corrected chi connectivity index (χ2v) is 5.29. The lowest BCUT2D eigenvalue weighted by Gasteiger charge is -2.08. The van der Waals surface area contributed by atoms with Crippen LogP contribution in [0.2, 0.25) is 0 Å². The maximum Gasteiger partial charge on any atom is 0.267 e. The average Bonchev–Trinajstić information content (AvgIpc) is 2.54. The van der Waals surface area contributed by atoms with Crippen molar-refractivity contribution >= 4 is 11.9 Å². The van der Waals surface area contributed by atoms with Crippen LogP contribution in [-0.2, 0) is 0 Å². The first-order chi connectivity index (χ1) is 11.1. The van der Waals surface area contributed by atoms with Gasteiger partial charge in [0.2, 0.25) is 5.95 Å². The van der Waals surface area contributed by atoms with E-state index in [2.05, 4.69) is 16.9 Å². The van der Waals surface area contributed by atoms with Crippen molar-refractivity contribution in [3.8, 4) is 17.0 Å². The van der Waals surface area contributed by atoms with Crippen molar-refractivity contribution in [3.05, 3.63) is 36.0 Å². The molecule has 0 saturated heterocycles. The maximum absolute atomic E-state index is 11.2. The molecule has 0 atom stereocenters. The van der Waals surface area contributed by atoms with Crippen LogP contribution in [0.25, 0.3) is 11.3 Å². The molecule has 0 aliphatic carbocycles. The number of nitrogens with two attached hydrogens (primary N) is 2. The zero-order chi connectivity index (χ0) is 16.7. The Bertz CT molecular complexity index is 656. The Morgan fingerprint density at radius 1 is 1.13 bits per heavy atom. The van der Waals surface area contributed by atoms with E-state index >= 15 is 0 Å². The fourth-order valence-corrected chi connectivity index (χ4v) is 2.18. The third-order valence-corrected chi connectivity index (χ3v) is 3.41. The van der Waals surface area contributed by atoms with Crippen LogP contribution in [-0.4, -0.2) is 22.5 Å². The highest BCUT2D eigenvalue weighted by molar-refractivity contribution is 5.92. The molecular formula is C17H22N4O2. The van der Waals surface area contributed by atoms with Gasteiger partial charge in [-0.15, -0.1) is 0 Å². The van der Waals surface area contributed by atoms with Crippen LogP contribution in [0.1, 0.15) is 43.1 Å². The molecule has 0 aliphatic heterocycles. The van der Waals surface area contributed by atoms with Crippen molar-refractivity contribution in [2.24, 2.45) is 5.73 Å². The number of carbonyl (C=O) groups is 1. The van der Waals surface area contributed by atoms with Crippen molar-refractivity contribution in [1.29, 1.82) is 0 Å². The van der Waals surface area contributed by atoms with E-state index < -0.39 is 5.91 Å². The summed E-state index contributed by atoms with van der Waals surface area (Å²) in [6, 6.07) is 9.01. The Kier molecular flexibility index (Phi) is 5.91. The summed E-state index contributed by atoms with van der Waals surface area (Å²) in [6.45, 7) is 2.90. The second-order valence-electron chi connectivity index (χ2n) is 5.29. The highest BCUT2D eigenvalue weighted by atomic mass is 16.5. The van der Waals surface area contributed by atoms with E-state index in [1.807, 2.05) is 24.3 Å². The van der Waals surface area contributed by atoms with Gasteiger partial charge in [0.05, 0.1) is 12.3 Å². The van der Waals surface area contributed by atoms with Crippen LogP contribution in [0, 0.1) is 0 Å². The Morgan fingerprint density at radius 3 is 2.52 bits per heavy atom. The van der Waals surface area contributed by atoms with Gasteiger partial charge in [-0.25, -0.2) is 9.97 Å². The minimum atomic E-state index is -0.632. The summed E-state index contributed by atoms with van der Waals surface area (Å²) >= 11 is 0. The van der Waals surface area contributed by atoms with Gasteiger partial charge >= 0.3 is 0 Å². The van der Waals surface area contributed by atoms with Crippen LogP contribution in [0.3, 0.4) is 0 Å². The molecule has 0 spiro atoms. The molecule has 2 aromatic rings. The predicted molar refractivity (Wildman–Crippen MR) is 90.0 cm³/mol. The van der Waals surface area contributed by atoms with E-state index in [-0.39, 0.29) is 11.6 Å². The number of aromatic nitrogens is 2. The molecule has 2 rings (SSSR count). The van der Waals surface area contributed by atoms with Gasteiger partial charge < -0.3 is 16.2 Å². The van der Waals surface area contributed by atoms with Crippen molar-refractivity contribution in [2.75, 3.05) is 12.3 Å². The van der Waals surface area contributed by atoms with E-state index in [4.69, 9.17) is 16.2 Å². The zero-order valence-electron chi connectivity index (χ0n) is 13.3. The number of nitrogen functional groups attached to an aromatic ring is 1. The summed E-state index contributed by atoms with van der Waals surface area (Å²) in [7, 11) is 0. The number of nitrogens with zero attached hydrogens (tertiary/aromatic N) is 2. The number of hydrogen-bond acceptors (Lipinski definition) is 5. The number of ether oxygens (including phenoxy) is 1. The van der Waals surface area contributed by atoms with Crippen molar-refractivity contribution in [2.45, 2.75) is 32.6 Å². The molecule has 1 heterocycles. The molecule has 0 aliphatic rings. The van der Waals surface area contributed by atoms with E-state index in [9.17, 15) is 4.79 Å². The van der Waals surface area contributed by atoms with Gasteiger partial charge in [0, 0.05) is 5.56 Å². The molecule has 23 heavy (non-hydrogen) atoms. The number of rotatable bonds is 8. The lowest BCUT2D eigenvalue weighted by Crippen LogP contribution is -2.15. The minimum Gasteiger partial charge on any atom is -0.494 e. The first kappa shape index (κ1) is 16.7. The Labute approximate surface area is 135 Å².